The van der Waals surface area contributed by atoms with Gasteiger partial charge in [-0.25, -0.2) is 0 Å². The standard InChI is InChI=1S/C22H25NO4/c1-22(2,3)14-10-11-19(26-5)17(12-14)23-21(24)20-16(13-25-4)15-8-6-7-9-18(15)27-20/h6-12H,13H2,1-5H3,(H,23,24). The van der Waals surface area contributed by atoms with E-state index in [0.29, 0.717) is 23.6 Å². The summed E-state index contributed by atoms with van der Waals surface area (Å²) in [6.07, 6.45) is 0. The number of fused-ring (bicyclic) bond motifs is 1. The maximum absolute atomic E-state index is 13.0. The first-order valence-corrected chi connectivity index (χ1v) is 8.84. The molecule has 0 bridgehead atoms. The molecular weight excluding hydrogens is 342 g/mol. The first-order chi connectivity index (χ1) is 12.8. The van der Waals surface area contributed by atoms with Crippen molar-refractivity contribution in [2.75, 3.05) is 19.5 Å². The Labute approximate surface area is 159 Å². The van der Waals surface area contributed by atoms with Crippen LogP contribution < -0.4 is 10.1 Å². The van der Waals surface area contributed by atoms with E-state index < -0.39 is 0 Å². The summed E-state index contributed by atoms with van der Waals surface area (Å²) in [5, 5.41) is 3.81. The first kappa shape index (κ1) is 19.0. The van der Waals surface area contributed by atoms with Crippen molar-refractivity contribution in [3.8, 4) is 5.75 Å². The summed E-state index contributed by atoms with van der Waals surface area (Å²) in [5.74, 6) is 0.518. The van der Waals surface area contributed by atoms with Gasteiger partial charge in [0.15, 0.2) is 5.76 Å². The Balaban J connectivity index is 2.01. The molecule has 0 aliphatic carbocycles. The SMILES string of the molecule is COCc1c(C(=O)Nc2cc(C(C)(C)C)ccc2OC)oc2ccccc12. The predicted molar refractivity (Wildman–Crippen MR) is 107 cm³/mol. The number of methoxy groups -OCH3 is 2. The van der Waals surface area contributed by atoms with E-state index in [0.717, 1.165) is 16.5 Å². The van der Waals surface area contributed by atoms with Crippen molar-refractivity contribution < 1.29 is 18.7 Å². The van der Waals surface area contributed by atoms with E-state index in [1.165, 1.54) is 0 Å². The molecule has 0 atom stereocenters. The number of benzene rings is 2. The average Bonchev–Trinajstić information content (AvgIpc) is 3.00. The van der Waals surface area contributed by atoms with Crippen molar-refractivity contribution in [1.82, 2.24) is 0 Å². The molecule has 0 radical (unpaired) electrons. The Morgan fingerprint density at radius 2 is 1.85 bits per heavy atom. The van der Waals surface area contributed by atoms with Gasteiger partial charge < -0.3 is 19.2 Å². The summed E-state index contributed by atoms with van der Waals surface area (Å²) in [7, 11) is 3.18. The summed E-state index contributed by atoms with van der Waals surface area (Å²) in [6.45, 7) is 6.65. The number of para-hydroxylation sites is 1. The second-order valence-corrected chi connectivity index (χ2v) is 7.46. The smallest absolute Gasteiger partial charge is 0.291 e. The van der Waals surface area contributed by atoms with Gasteiger partial charge in [-0.3, -0.25) is 4.79 Å². The summed E-state index contributed by atoms with van der Waals surface area (Å²) in [5.41, 5.74) is 3.05. The molecule has 142 valence electrons. The molecule has 0 spiro atoms. The van der Waals surface area contributed by atoms with E-state index in [4.69, 9.17) is 13.9 Å². The lowest BCUT2D eigenvalue weighted by atomic mass is 9.87. The highest BCUT2D eigenvalue weighted by atomic mass is 16.5. The van der Waals surface area contributed by atoms with Crippen molar-refractivity contribution in [2.45, 2.75) is 32.8 Å². The Morgan fingerprint density at radius 3 is 2.52 bits per heavy atom. The van der Waals surface area contributed by atoms with Crippen LogP contribution in [0.5, 0.6) is 5.75 Å². The quantitative estimate of drug-likeness (QED) is 0.678. The van der Waals surface area contributed by atoms with Crippen LogP contribution >= 0.6 is 0 Å². The van der Waals surface area contributed by atoms with Gasteiger partial charge >= 0.3 is 0 Å². The van der Waals surface area contributed by atoms with Crippen LogP contribution in [0.25, 0.3) is 11.0 Å². The van der Waals surface area contributed by atoms with E-state index in [9.17, 15) is 4.79 Å². The number of hydrogen-bond donors (Lipinski definition) is 1. The molecular formula is C22H25NO4. The van der Waals surface area contributed by atoms with Crippen molar-refractivity contribution in [3.05, 3.63) is 59.4 Å². The third-order valence-corrected chi connectivity index (χ3v) is 4.51. The lowest BCUT2D eigenvalue weighted by Gasteiger charge is -2.21. The van der Waals surface area contributed by atoms with Gasteiger partial charge in [-0.1, -0.05) is 45.0 Å². The van der Waals surface area contributed by atoms with Crippen molar-refractivity contribution in [3.63, 3.8) is 0 Å². The number of nitrogens with one attached hydrogen (secondary N) is 1. The van der Waals surface area contributed by atoms with Gasteiger partial charge in [-0.15, -0.1) is 0 Å². The molecule has 27 heavy (non-hydrogen) atoms. The molecule has 0 aliphatic rings. The molecule has 5 nitrogen and oxygen atoms in total. The van der Waals surface area contributed by atoms with Crippen molar-refractivity contribution in [2.24, 2.45) is 0 Å². The van der Waals surface area contributed by atoms with Crippen molar-refractivity contribution in [1.29, 1.82) is 0 Å². The molecule has 1 aromatic heterocycles. The second kappa shape index (κ2) is 7.45. The van der Waals surface area contributed by atoms with Crippen LogP contribution in [0.2, 0.25) is 0 Å². The highest BCUT2D eigenvalue weighted by molar-refractivity contribution is 6.07. The molecule has 0 aliphatic heterocycles. The number of anilines is 1. The van der Waals surface area contributed by atoms with Gasteiger partial charge in [0, 0.05) is 18.1 Å². The lowest BCUT2D eigenvalue weighted by molar-refractivity contribution is 0.0991. The van der Waals surface area contributed by atoms with E-state index >= 15 is 0 Å². The number of carbonyl (C=O) groups is 1. The number of hydrogen-bond acceptors (Lipinski definition) is 4. The molecule has 2 aromatic carbocycles. The molecule has 0 saturated carbocycles. The number of carbonyl (C=O) groups excluding carboxylic acids is 1. The third-order valence-electron chi connectivity index (χ3n) is 4.51. The Morgan fingerprint density at radius 1 is 1.11 bits per heavy atom. The normalized spacial score (nSPS) is 11.6. The van der Waals surface area contributed by atoms with Gasteiger partial charge in [-0.2, -0.15) is 0 Å². The number of amides is 1. The summed E-state index contributed by atoms with van der Waals surface area (Å²) in [6, 6.07) is 13.4. The van der Waals surface area contributed by atoms with Crippen LogP contribution in [0.15, 0.2) is 46.9 Å². The monoisotopic (exact) mass is 367 g/mol. The Hall–Kier alpha value is -2.79. The van der Waals surface area contributed by atoms with Gasteiger partial charge in [0.05, 0.1) is 19.4 Å². The number of ether oxygens (including phenoxy) is 2. The minimum absolute atomic E-state index is 0.0493. The van der Waals surface area contributed by atoms with Crippen molar-refractivity contribution >= 4 is 22.6 Å². The molecule has 3 rings (SSSR count). The molecule has 1 amide bonds. The van der Waals surface area contributed by atoms with Crippen LogP contribution in [-0.2, 0) is 16.8 Å². The number of furan rings is 1. The zero-order chi connectivity index (χ0) is 19.6. The van der Waals surface area contributed by atoms with Crippen LogP contribution in [0.3, 0.4) is 0 Å². The average molecular weight is 367 g/mol. The maximum Gasteiger partial charge on any atom is 0.291 e. The minimum Gasteiger partial charge on any atom is -0.495 e. The zero-order valence-corrected chi connectivity index (χ0v) is 16.4. The summed E-state index contributed by atoms with van der Waals surface area (Å²) < 4.78 is 16.5. The summed E-state index contributed by atoms with van der Waals surface area (Å²) in [4.78, 5) is 13.0. The predicted octanol–water partition coefficient (Wildman–Crippen LogP) is 5.14. The summed E-state index contributed by atoms with van der Waals surface area (Å²) >= 11 is 0. The Bertz CT molecular complexity index is 966. The molecule has 3 aromatic rings. The number of rotatable bonds is 5. The highest BCUT2D eigenvalue weighted by Crippen LogP contribution is 2.33. The molecule has 1 heterocycles. The molecule has 0 unspecified atom stereocenters. The van der Waals surface area contributed by atoms with Crippen LogP contribution in [0.4, 0.5) is 5.69 Å². The lowest BCUT2D eigenvalue weighted by Crippen LogP contribution is -2.16. The van der Waals surface area contributed by atoms with Gasteiger partial charge in [-0.05, 0) is 29.2 Å². The second-order valence-electron chi connectivity index (χ2n) is 7.46. The molecule has 0 fully saturated rings. The molecule has 5 heteroatoms. The van der Waals surface area contributed by atoms with Crippen LogP contribution in [0.1, 0.15) is 42.5 Å². The fourth-order valence-corrected chi connectivity index (χ4v) is 3.02. The van der Waals surface area contributed by atoms with Gasteiger partial charge in [0.2, 0.25) is 0 Å². The highest BCUT2D eigenvalue weighted by Gasteiger charge is 2.22. The van der Waals surface area contributed by atoms with Crippen LogP contribution in [0, 0.1) is 0 Å². The fraction of sp³-hybridized carbons (Fsp3) is 0.318. The first-order valence-electron chi connectivity index (χ1n) is 8.84. The maximum atomic E-state index is 13.0. The van der Waals surface area contributed by atoms with E-state index in [-0.39, 0.29) is 17.1 Å². The molecule has 1 N–H and O–H groups in total. The zero-order valence-electron chi connectivity index (χ0n) is 16.4. The minimum atomic E-state index is -0.331. The topological polar surface area (TPSA) is 60.7 Å². The van der Waals surface area contributed by atoms with E-state index in [1.54, 1.807) is 14.2 Å². The fourth-order valence-electron chi connectivity index (χ4n) is 3.02. The largest absolute Gasteiger partial charge is 0.495 e. The Kier molecular flexibility index (Phi) is 5.24. The van der Waals surface area contributed by atoms with E-state index in [2.05, 4.69) is 26.1 Å². The van der Waals surface area contributed by atoms with E-state index in [1.807, 2.05) is 42.5 Å². The van der Waals surface area contributed by atoms with Gasteiger partial charge in [0.25, 0.3) is 5.91 Å². The molecule has 0 saturated heterocycles. The van der Waals surface area contributed by atoms with Crippen LogP contribution in [-0.4, -0.2) is 20.1 Å². The van der Waals surface area contributed by atoms with Gasteiger partial charge in [0.1, 0.15) is 11.3 Å². The third kappa shape index (κ3) is 3.83.